The van der Waals surface area contributed by atoms with Gasteiger partial charge in [0, 0.05) is 28.3 Å². The maximum absolute atomic E-state index is 11.2. The van der Waals surface area contributed by atoms with Crippen LogP contribution < -0.4 is 9.46 Å². The van der Waals surface area contributed by atoms with E-state index >= 15 is 0 Å². The number of aromatic nitrogens is 2. The van der Waals surface area contributed by atoms with Gasteiger partial charge in [0.05, 0.1) is 24.7 Å². The van der Waals surface area contributed by atoms with Crippen molar-refractivity contribution in [1.29, 1.82) is 0 Å². The smallest absolute Gasteiger partial charge is 0.357 e. The SMILES string of the molecule is COc1cccc(-c2cnc(C(C)[C@@H](Cc3ccc(NS(=O)(=O)O)cc3)c3csc(-c4ccccc4)n3)o2)c1. The normalized spacial score (nSPS) is 13.1. The van der Waals surface area contributed by atoms with Crippen LogP contribution in [0.3, 0.4) is 0 Å². The van der Waals surface area contributed by atoms with Crippen molar-refractivity contribution >= 4 is 27.3 Å². The summed E-state index contributed by atoms with van der Waals surface area (Å²) in [5.41, 5.74) is 4.10. The molecule has 2 aromatic heterocycles. The number of benzene rings is 3. The summed E-state index contributed by atoms with van der Waals surface area (Å²) < 4.78 is 45.1. The van der Waals surface area contributed by atoms with Gasteiger partial charge in [0.25, 0.3) is 0 Å². The second-order valence-electron chi connectivity index (χ2n) is 9.11. The number of rotatable bonds is 10. The van der Waals surface area contributed by atoms with E-state index in [0.29, 0.717) is 18.1 Å². The predicted octanol–water partition coefficient (Wildman–Crippen LogP) is 6.82. The third-order valence-corrected chi connectivity index (χ3v) is 7.85. The molecule has 5 rings (SSSR count). The van der Waals surface area contributed by atoms with Crippen molar-refractivity contribution in [2.45, 2.75) is 25.2 Å². The Balaban J connectivity index is 1.46. The number of anilines is 1. The van der Waals surface area contributed by atoms with Crippen LogP contribution in [0.1, 0.15) is 35.9 Å². The summed E-state index contributed by atoms with van der Waals surface area (Å²) in [7, 11) is -2.72. The molecule has 0 aliphatic carbocycles. The highest BCUT2D eigenvalue weighted by Gasteiger charge is 2.28. The molecule has 0 radical (unpaired) electrons. The van der Waals surface area contributed by atoms with Crippen molar-refractivity contribution in [3.8, 4) is 27.6 Å². The molecule has 10 heteroatoms. The topological polar surface area (TPSA) is 115 Å². The molecule has 200 valence electrons. The average Bonchev–Trinajstić information content (AvgIpc) is 3.63. The van der Waals surface area contributed by atoms with E-state index in [4.69, 9.17) is 18.7 Å². The van der Waals surface area contributed by atoms with Crippen LogP contribution in [0.25, 0.3) is 21.9 Å². The summed E-state index contributed by atoms with van der Waals surface area (Å²) in [6.45, 7) is 2.07. The Morgan fingerprint density at radius 2 is 1.77 bits per heavy atom. The number of ether oxygens (including phenoxy) is 1. The van der Waals surface area contributed by atoms with Gasteiger partial charge in [0.1, 0.15) is 10.8 Å². The molecule has 0 aliphatic heterocycles. The van der Waals surface area contributed by atoms with E-state index in [0.717, 1.165) is 33.1 Å². The standard InChI is InChI=1S/C29H27N3O5S2/c1-19(28-30-17-27(37-28)22-9-6-10-24(16-22)36-2)25(15-20-11-13-23(14-12-20)32-39(33,34)35)26-18-38-29(31-26)21-7-4-3-5-8-21/h3-14,16-19,25,32H,15H2,1-2H3,(H,33,34,35)/t19?,25-/m1/s1. The Morgan fingerprint density at radius 1 is 1.03 bits per heavy atom. The van der Waals surface area contributed by atoms with E-state index in [1.54, 1.807) is 36.8 Å². The van der Waals surface area contributed by atoms with Crippen LogP contribution >= 0.6 is 11.3 Å². The molecule has 8 nitrogen and oxygen atoms in total. The lowest BCUT2D eigenvalue weighted by Gasteiger charge is -2.20. The van der Waals surface area contributed by atoms with Crippen LogP contribution in [-0.2, 0) is 16.7 Å². The van der Waals surface area contributed by atoms with Crippen molar-refractivity contribution in [3.05, 3.63) is 108 Å². The summed E-state index contributed by atoms with van der Waals surface area (Å²) in [6, 6.07) is 24.6. The molecule has 0 saturated carbocycles. The number of oxazole rings is 1. The summed E-state index contributed by atoms with van der Waals surface area (Å²) in [6.07, 6.45) is 2.34. The first-order chi connectivity index (χ1) is 18.8. The number of nitrogens with zero attached hydrogens (tertiary/aromatic N) is 2. The lowest BCUT2D eigenvalue weighted by atomic mass is 9.85. The minimum Gasteiger partial charge on any atom is -0.497 e. The highest BCUT2D eigenvalue weighted by molar-refractivity contribution is 7.87. The minimum atomic E-state index is -4.34. The van der Waals surface area contributed by atoms with E-state index in [9.17, 15) is 8.42 Å². The predicted molar refractivity (Wildman–Crippen MR) is 153 cm³/mol. The number of methoxy groups -OCH3 is 1. The number of hydrogen-bond acceptors (Lipinski definition) is 7. The first kappa shape index (κ1) is 26.6. The van der Waals surface area contributed by atoms with Crippen molar-refractivity contribution in [3.63, 3.8) is 0 Å². The maximum Gasteiger partial charge on any atom is 0.357 e. The van der Waals surface area contributed by atoms with Crippen molar-refractivity contribution in [2.75, 3.05) is 11.8 Å². The molecule has 2 atom stereocenters. The average molecular weight is 562 g/mol. The zero-order valence-electron chi connectivity index (χ0n) is 21.3. The van der Waals surface area contributed by atoms with Crippen LogP contribution in [0, 0.1) is 0 Å². The summed E-state index contributed by atoms with van der Waals surface area (Å²) >= 11 is 1.59. The van der Waals surface area contributed by atoms with Crippen LogP contribution in [0.4, 0.5) is 5.69 Å². The van der Waals surface area contributed by atoms with Crippen LogP contribution in [0.5, 0.6) is 5.75 Å². The molecule has 0 saturated heterocycles. The first-order valence-electron chi connectivity index (χ1n) is 12.2. The minimum absolute atomic E-state index is 0.0732. The van der Waals surface area contributed by atoms with Crippen molar-refractivity contribution in [2.24, 2.45) is 0 Å². The second-order valence-corrected chi connectivity index (χ2v) is 11.1. The molecule has 2 heterocycles. The van der Waals surface area contributed by atoms with Gasteiger partial charge in [0.2, 0.25) is 0 Å². The van der Waals surface area contributed by atoms with Gasteiger partial charge in [0.15, 0.2) is 11.7 Å². The molecule has 0 aliphatic rings. The van der Waals surface area contributed by atoms with Gasteiger partial charge in [-0.2, -0.15) is 8.42 Å². The zero-order chi connectivity index (χ0) is 27.4. The first-order valence-corrected chi connectivity index (χ1v) is 14.6. The zero-order valence-corrected chi connectivity index (χ0v) is 22.9. The molecular weight excluding hydrogens is 534 g/mol. The quantitative estimate of drug-likeness (QED) is 0.180. The van der Waals surface area contributed by atoms with E-state index in [1.807, 2.05) is 66.7 Å². The molecule has 3 aromatic carbocycles. The van der Waals surface area contributed by atoms with Gasteiger partial charge in [-0.1, -0.05) is 61.5 Å². The number of thiazole rings is 1. The van der Waals surface area contributed by atoms with Gasteiger partial charge in [-0.15, -0.1) is 11.3 Å². The third-order valence-electron chi connectivity index (χ3n) is 6.45. The van der Waals surface area contributed by atoms with Crippen molar-refractivity contribution < 1.29 is 22.1 Å². The molecule has 0 amide bonds. The fourth-order valence-corrected chi connectivity index (χ4v) is 5.72. The number of hydrogen-bond donors (Lipinski definition) is 2. The molecule has 39 heavy (non-hydrogen) atoms. The molecule has 0 bridgehead atoms. The monoisotopic (exact) mass is 561 g/mol. The Hall–Kier alpha value is -3.99. The molecular formula is C29H27N3O5S2. The molecule has 2 N–H and O–H groups in total. The summed E-state index contributed by atoms with van der Waals surface area (Å²) in [5, 5.41) is 3.00. The summed E-state index contributed by atoms with van der Waals surface area (Å²) in [4.78, 5) is 9.60. The van der Waals surface area contributed by atoms with Gasteiger partial charge in [-0.3, -0.25) is 9.27 Å². The van der Waals surface area contributed by atoms with Gasteiger partial charge >= 0.3 is 10.3 Å². The van der Waals surface area contributed by atoms with E-state index in [2.05, 4.69) is 22.0 Å². The highest BCUT2D eigenvalue weighted by atomic mass is 32.2. The maximum atomic E-state index is 11.2. The van der Waals surface area contributed by atoms with Gasteiger partial charge < -0.3 is 9.15 Å². The van der Waals surface area contributed by atoms with Crippen LogP contribution in [0.2, 0.25) is 0 Å². The fraction of sp³-hybridized carbons (Fsp3) is 0.172. The lowest BCUT2D eigenvalue weighted by Crippen LogP contribution is -2.13. The Kier molecular flexibility index (Phi) is 7.78. The lowest BCUT2D eigenvalue weighted by molar-refractivity contribution is 0.413. The van der Waals surface area contributed by atoms with Gasteiger partial charge in [-0.25, -0.2) is 9.97 Å². The number of nitrogens with one attached hydrogen (secondary N) is 1. The molecule has 0 fully saturated rings. The Morgan fingerprint density at radius 3 is 2.49 bits per heavy atom. The summed E-state index contributed by atoms with van der Waals surface area (Å²) in [5.74, 6) is 1.79. The van der Waals surface area contributed by atoms with Crippen LogP contribution in [0.15, 0.2) is 94.9 Å². The molecule has 1 unspecified atom stereocenters. The van der Waals surface area contributed by atoms with E-state index in [-0.39, 0.29) is 17.5 Å². The highest BCUT2D eigenvalue weighted by Crippen LogP contribution is 2.39. The van der Waals surface area contributed by atoms with E-state index < -0.39 is 10.3 Å². The largest absolute Gasteiger partial charge is 0.497 e. The Bertz CT molecular complexity index is 1650. The molecule has 0 spiro atoms. The van der Waals surface area contributed by atoms with Crippen LogP contribution in [-0.4, -0.2) is 30.0 Å². The van der Waals surface area contributed by atoms with E-state index in [1.165, 1.54) is 0 Å². The molecule has 5 aromatic rings. The Labute approximate surface area is 231 Å². The van der Waals surface area contributed by atoms with Crippen molar-refractivity contribution in [1.82, 2.24) is 9.97 Å². The second kappa shape index (κ2) is 11.4. The fourth-order valence-electron chi connectivity index (χ4n) is 4.40. The van der Waals surface area contributed by atoms with Gasteiger partial charge in [-0.05, 0) is 36.2 Å². The third kappa shape index (κ3) is 6.54.